The van der Waals surface area contributed by atoms with Crippen LogP contribution in [0.4, 0.5) is 0 Å². The van der Waals surface area contributed by atoms with Crippen molar-refractivity contribution < 1.29 is 19.8 Å². The number of hydrogen-bond donors (Lipinski definition) is 3. The Balaban J connectivity index is 1.37. The van der Waals surface area contributed by atoms with Gasteiger partial charge in [0.15, 0.2) is 0 Å². The highest BCUT2D eigenvalue weighted by Gasteiger charge is 2.57. The van der Waals surface area contributed by atoms with Gasteiger partial charge in [-0.15, -0.1) is 11.8 Å². The first-order chi connectivity index (χ1) is 23.7. The van der Waals surface area contributed by atoms with Crippen LogP contribution in [-0.4, -0.2) is 94.8 Å². The number of nitrogens with zero attached hydrogens (tertiary/aromatic N) is 3. The molecule has 9 atom stereocenters. The normalized spacial score (nSPS) is 29.0. The van der Waals surface area contributed by atoms with Gasteiger partial charge in [-0.25, -0.2) is 0 Å². The van der Waals surface area contributed by atoms with Gasteiger partial charge in [0.1, 0.15) is 12.1 Å². The second-order valence-corrected chi connectivity index (χ2v) is 17.7. The third kappa shape index (κ3) is 8.79. The Kier molecular flexibility index (Phi) is 13.2. The van der Waals surface area contributed by atoms with Crippen LogP contribution in [-0.2, 0) is 29.3 Å². The van der Waals surface area contributed by atoms with Gasteiger partial charge in [0.05, 0.1) is 19.3 Å². The second-order valence-electron chi connectivity index (χ2n) is 16.8. The number of rotatable bonds is 16. The van der Waals surface area contributed by atoms with E-state index in [0.717, 1.165) is 38.0 Å². The Morgan fingerprint density at radius 1 is 1.08 bits per heavy atom. The molecule has 0 aromatic heterocycles. The number of hydroxylamine groups is 2. The zero-order chi connectivity index (χ0) is 36.3. The molecule has 1 aliphatic heterocycles. The summed E-state index contributed by atoms with van der Waals surface area (Å²) in [5.41, 5.74) is 3.92. The molecule has 0 radical (unpaired) electrons. The molecule has 3 N–H and O–H groups in total. The number of aliphatic hydroxyl groups excluding tert-OH is 2. The topological polar surface area (TPSA) is 88.5 Å². The lowest BCUT2D eigenvalue weighted by atomic mass is 9.45. The van der Waals surface area contributed by atoms with E-state index >= 15 is 0 Å². The largest absolute Gasteiger partial charge is 0.394 e. The van der Waals surface area contributed by atoms with Crippen molar-refractivity contribution in [2.45, 2.75) is 116 Å². The quantitative estimate of drug-likeness (QED) is 0.182. The lowest BCUT2D eigenvalue weighted by Gasteiger charge is -2.62. The molecule has 50 heavy (non-hydrogen) atoms. The maximum atomic E-state index is 14.2. The molecule has 278 valence electrons. The highest BCUT2D eigenvalue weighted by atomic mass is 32.2. The lowest BCUT2D eigenvalue weighted by Crippen LogP contribution is -2.62. The van der Waals surface area contributed by atoms with E-state index in [1.54, 1.807) is 23.7 Å². The van der Waals surface area contributed by atoms with Gasteiger partial charge in [-0.1, -0.05) is 77.1 Å². The van der Waals surface area contributed by atoms with Crippen LogP contribution < -0.4 is 5.32 Å². The molecule has 2 aromatic rings. The zero-order valence-corrected chi connectivity index (χ0v) is 32.8. The van der Waals surface area contributed by atoms with Crippen molar-refractivity contribution in [3.63, 3.8) is 0 Å². The molecular formula is C41H64N4O4S. The number of carbonyl (C=O) groups excluding carboxylic acids is 1. The van der Waals surface area contributed by atoms with Crippen molar-refractivity contribution in [3.8, 4) is 0 Å². The number of amides is 1. The summed E-state index contributed by atoms with van der Waals surface area (Å²) in [6.07, 6.45) is 4.00. The highest BCUT2D eigenvalue weighted by Crippen LogP contribution is 2.61. The molecule has 3 aliphatic carbocycles. The Labute approximate surface area is 306 Å². The fourth-order valence-corrected chi connectivity index (χ4v) is 10.0. The minimum absolute atomic E-state index is 0.107. The van der Waals surface area contributed by atoms with Gasteiger partial charge in [-0.3, -0.25) is 14.5 Å². The standard InChI is InChI=1S/C41H64N4O4S/c1-26(2)17-33(24-43(7)8)44(23-31-15-10-11-16-37(31)50-9)21-29-13-12-14-30(18-29)22-45-39(38(28(4)47)36(25-46)49-45)40(48)42-35-20-32-19-34(27(35)3)41(32,5)6/h10-16,18,26-28,32-36,38-39,46-47H,17,19-25H2,1-9H3,(H,42,48)/t27-,28-,32+,33-,34-,35-,36-,38+,39-/m0/s1. The fourth-order valence-electron chi connectivity index (χ4n) is 9.40. The Morgan fingerprint density at radius 2 is 1.80 bits per heavy atom. The number of nitrogens with one attached hydrogen (secondary N) is 1. The van der Waals surface area contributed by atoms with Gasteiger partial charge in [0.2, 0.25) is 5.91 Å². The molecule has 2 bridgehead atoms. The van der Waals surface area contributed by atoms with Gasteiger partial charge >= 0.3 is 0 Å². The summed E-state index contributed by atoms with van der Waals surface area (Å²) in [6.45, 7) is 16.1. The first-order valence-electron chi connectivity index (χ1n) is 18.8. The van der Waals surface area contributed by atoms with E-state index in [9.17, 15) is 15.0 Å². The molecule has 1 saturated heterocycles. The first-order valence-corrected chi connectivity index (χ1v) is 20.1. The summed E-state index contributed by atoms with van der Waals surface area (Å²) in [5, 5.41) is 26.3. The van der Waals surface area contributed by atoms with E-state index in [-0.39, 0.29) is 18.6 Å². The third-order valence-electron chi connectivity index (χ3n) is 12.2. The van der Waals surface area contributed by atoms with E-state index in [2.05, 4.69) is 119 Å². The van der Waals surface area contributed by atoms with Gasteiger partial charge < -0.3 is 20.4 Å². The summed E-state index contributed by atoms with van der Waals surface area (Å²) < 4.78 is 0. The third-order valence-corrected chi connectivity index (χ3v) is 13.0. The second kappa shape index (κ2) is 16.8. The predicted molar refractivity (Wildman–Crippen MR) is 203 cm³/mol. The zero-order valence-electron chi connectivity index (χ0n) is 32.0. The number of hydrogen-bond acceptors (Lipinski definition) is 8. The Morgan fingerprint density at radius 3 is 2.42 bits per heavy atom. The molecule has 4 aliphatic rings. The van der Waals surface area contributed by atoms with Crippen LogP contribution in [0, 0.1) is 35.0 Å². The molecule has 2 aromatic carbocycles. The lowest BCUT2D eigenvalue weighted by molar-refractivity contribution is -0.183. The SMILES string of the molecule is CSc1ccccc1CN(Cc1cccc(CN2O[C@@H](CO)[C@@H]([C@H](C)O)[C@H]2C(=O)N[C@H]2C[C@H]3C[C@@H]([C@@H]2C)C3(C)C)c1)[C@@H](CC(C)C)CN(C)C. The molecule has 0 unspecified atom stereocenters. The fraction of sp³-hybridized carbons (Fsp3) is 0.683. The summed E-state index contributed by atoms with van der Waals surface area (Å²) in [6, 6.07) is 17.1. The Bertz CT molecular complexity index is 1410. The predicted octanol–water partition coefficient (Wildman–Crippen LogP) is 6.05. The van der Waals surface area contributed by atoms with Gasteiger partial charge in [0.25, 0.3) is 0 Å². The summed E-state index contributed by atoms with van der Waals surface area (Å²) in [5.74, 6) is 1.53. The van der Waals surface area contributed by atoms with Gasteiger partial charge in [0, 0.05) is 42.5 Å². The Hall–Kier alpha value is -1.98. The number of fused-ring (bicyclic) bond motifs is 2. The van der Waals surface area contributed by atoms with Crippen LogP contribution in [0.3, 0.4) is 0 Å². The van der Waals surface area contributed by atoms with Crippen LogP contribution in [0.15, 0.2) is 53.4 Å². The average molecular weight is 709 g/mol. The molecular weight excluding hydrogens is 645 g/mol. The van der Waals surface area contributed by atoms with Crippen LogP contribution in [0.2, 0.25) is 0 Å². The number of aliphatic hydroxyl groups is 2. The van der Waals surface area contributed by atoms with E-state index < -0.39 is 24.2 Å². The van der Waals surface area contributed by atoms with E-state index in [4.69, 9.17) is 4.84 Å². The monoisotopic (exact) mass is 708 g/mol. The van der Waals surface area contributed by atoms with Gasteiger partial charge in [-0.05, 0) is 98.4 Å². The highest BCUT2D eigenvalue weighted by molar-refractivity contribution is 7.98. The van der Waals surface area contributed by atoms with E-state index in [1.165, 1.54) is 22.4 Å². The molecule has 1 amide bonds. The minimum Gasteiger partial charge on any atom is -0.394 e. The van der Waals surface area contributed by atoms with Crippen molar-refractivity contribution in [1.82, 2.24) is 20.2 Å². The number of thioether (sulfide) groups is 1. The molecule has 6 rings (SSSR count). The summed E-state index contributed by atoms with van der Waals surface area (Å²) >= 11 is 1.80. The first kappa shape index (κ1) is 39.2. The van der Waals surface area contributed by atoms with Crippen molar-refractivity contribution >= 4 is 17.7 Å². The van der Waals surface area contributed by atoms with E-state index in [1.807, 2.05) is 0 Å². The summed E-state index contributed by atoms with van der Waals surface area (Å²) in [4.78, 5) is 26.7. The molecule has 0 spiro atoms. The molecule has 1 heterocycles. The van der Waals surface area contributed by atoms with Crippen LogP contribution in [0.5, 0.6) is 0 Å². The smallest absolute Gasteiger partial charge is 0.240 e. The van der Waals surface area contributed by atoms with Crippen LogP contribution in [0.1, 0.15) is 77.5 Å². The minimum atomic E-state index is -0.817. The maximum absolute atomic E-state index is 14.2. The molecule has 9 heteroatoms. The number of likely N-dealkylation sites (N-methyl/N-ethyl adjacent to an activating group) is 1. The van der Waals surface area contributed by atoms with Crippen LogP contribution >= 0.6 is 11.8 Å². The van der Waals surface area contributed by atoms with Crippen molar-refractivity contribution in [3.05, 3.63) is 65.2 Å². The maximum Gasteiger partial charge on any atom is 0.240 e. The summed E-state index contributed by atoms with van der Waals surface area (Å²) in [7, 11) is 4.31. The number of carbonyl (C=O) groups is 1. The van der Waals surface area contributed by atoms with E-state index in [0.29, 0.717) is 41.7 Å². The van der Waals surface area contributed by atoms with Crippen molar-refractivity contribution in [2.75, 3.05) is 33.5 Å². The van der Waals surface area contributed by atoms with Crippen LogP contribution in [0.25, 0.3) is 0 Å². The van der Waals surface area contributed by atoms with Crippen molar-refractivity contribution in [2.24, 2.45) is 35.0 Å². The molecule has 3 saturated carbocycles. The molecule has 8 nitrogen and oxygen atoms in total. The average Bonchev–Trinajstić information content (AvgIpc) is 3.43. The molecule has 4 fully saturated rings. The number of benzene rings is 2. The van der Waals surface area contributed by atoms with Gasteiger partial charge in [-0.2, -0.15) is 5.06 Å². The van der Waals surface area contributed by atoms with Crippen molar-refractivity contribution in [1.29, 1.82) is 0 Å².